The standard InChI is InChI=1S/C40H47N9O9S/c1-23-26(20-41-36(53)56-38(2,3)4)47-49(46-23)21-27-29(32(50)42-27)44-33(51)30(28-22-59-35(43-28)45-37(54)57-39(5,6)7)48-58-40(18-19-40)34(52)55-31(24-14-10-8-11-15-24)25-16-12-9-13-17-25/h8-17,22,27,29,31H,18-21H2,1-7H3,(H,41,53)(H,42,50)(H,44,51)(H,43,45,54)/b48-30+/t27-,29+/m1/s1. The lowest BCUT2D eigenvalue weighted by molar-refractivity contribution is -0.164. The summed E-state index contributed by atoms with van der Waals surface area (Å²) in [6.07, 6.45) is -1.58. The van der Waals surface area contributed by atoms with Gasteiger partial charge < -0.3 is 35.0 Å². The van der Waals surface area contributed by atoms with E-state index in [9.17, 15) is 24.0 Å². The van der Waals surface area contributed by atoms with Crippen molar-refractivity contribution in [1.29, 1.82) is 0 Å². The fraction of sp³-hybridized carbons (Fsp3) is 0.425. The van der Waals surface area contributed by atoms with Crippen LogP contribution in [0.25, 0.3) is 0 Å². The van der Waals surface area contributed by atoms with Gasteiger partial charge in [-0.05, 0) is 59.6 Å². The molecule has 4 N–H and O–H groups in total. The normalized spacial score (nSPS) is 17.2. The molecule has 2 aromatic heterocycles. The first kappa shape index (κ1) is 42.2. The average Bonchev–Trinajstić information content (AvgIpc) is 3.69. The lowest BCUT2D eigenvalue weighted by Gasteiger charge is -2.36. The summed E-state index contributed by atoms with van der Waals surface area (Å²) in [6, 6.07) is 16.9. The third kappa shape index (κ3) is 11.2. The largest absolute Gasteiger partial charge is 0.450 e. The molecule has 1 saturated carbocycles. The summed E-state index contributed by atoms with van der Waals surface area (Å²) in [6.45, 7) is 12.3. The molecule has 0 radical (unpaired) electrons. The minimum absolute atomic E-state index is 0.00282. The van der Waals surface area contributed by atoms with E-state index in [1.165, 1.54) is 10.2 Å². The molecule has 2 aromatic carbocycles. The number of esters is 1. The Bertz CT molecular complexity index is 2170. The maximum atomic E-state index is 14.0. The fourth-order valence-corrected chi connectivity index (χ4v) is 6.42. The first-order valence-corrected chi connectivity index (χ1v) is 19.8. The Morgan fingerprint density at radius 3 is 2.12 bits per heavy atom. The van der Waals surface area contributed by atoms with Crippen LogP contribution in [0.4, 0.5) is 14.7 Å². The van der Waals surface area contributed by atoms with Crippen molar-refractivity contribution in [2.75, 3.05) is 5.32 Å². The predicted octanol–water partition coefficient (Wildman–Crippen LogP) is 4.68. The second-order valence-electron chi connectivity index (χ2n) is 16.0. The molecular formula is C40H47N9O9S. The molecule has 0 spiro atoms. The van der Waals surface area contributed by atoms with Gasteiger partial charge in [-0.25, -0.2) is 19.4 Å². The van der Waals surface area contributed by atoms with Gasteiger partial charge in [-0.3, -0.25) is 14.9 Å². The van der Waals surface area contributed by atoms with Crippen LogP contribution in [-0.4, -0.2) is 84.5 Å². The smallest absolute Gasteiger partial charge is 0.413 e. The lowest BCUT2D eigenvalue weighted by atomic mass is 9.98. The van der Waals surface area contributed by atoms with Gasteiger partial charge in [0.05, 0.1) is 24.8 Å². The SMILES string of the molecule is Cc1nn(C[C@H]2NC(=O)[C@H]2NC(=O)/C(=N/OC2(C(=O)OC(c3ccccc3)c3ccccc3)CC2)c2csc(NC(=O)OC(C)(C)C)n2)nc1CNC(=O)OC(C)(C)C. The number of aryl methyl sites for hydroxylation is 1. The van der Waals surface area contributed by atoms with E-state index in [-0.39, 0.29) is 42.5 Å². The molecule has 312 valence electrons. The maximum absolute atomic E-state index is 14.0. The molecule has 2 aliphatic rings. The highest BCUT2D eigenvalue weighted by atomic mass is 32.1. The number of anilines is 1. The molecule has 1 aliphatic heterocycles. The van der Waals surface area contributed by atoms with Crippen LogP contribution in [0.2, 0.25) is 0 Å². The number of thiazole rings is 1. The van der Waals surface area contributed by atoms with Crippen LogP contribution in [0.5, 0.6) is 0 Å². The quantitative estimate of drug-likeness (QED) is 0.0447. The molecule has 6 rings (SSSR count). The highest BCUT2D eigenvalue weighted by molar-refractivity contribution is 7.14. The van der Waals surface area contributed by atoms with Gasteiger partial charge >= 0.3 is 18.2 Å². The molecule has 0 unspecified atom stereocenters. The van der Waals surface area contributed by atoms with E-state index < -0.39 is 65.0 Å². The molecule has 2 fully saturated rings. The summed E-state index contributed by atoms with van der Waals surface area (Å²) in [5.74, 6) is -1.99. The number of hydrogen-bond acceptors (Lipinski definition) is 14. The molecule has 4 aromatic rings. The van der Waals surface area contributed by atoms with Gasteiger partial charge in [0.1, 0.15) is 28.6 Å². The van der Waals surface area contributed by atoms with Gasteiger partial charge in [-0.2, -0.15) is 15.0 Å². The summed E-state index contributed by atoms with van der Waals surface area (Å²) in [5, 5.41) is 25.2. The zero-order valence-corrected chi connectivity index (χ0v) is 34.5. The number of amides is 4. The van der Waals surface area contributed by atoms with Crippen LogP contribution < -0.4 is 21.3 Å². The van der Waals surface area contributed by atoms with E-state index in [1.54, 1.807) is 48.5 Å². The number of rotatable bonds is 14. The molecular weight excluding hydrogens is 783 g/mol. The first-order valence-electron chi connectivity index (χ1n) is 18.9. The van der Waals surface area contributed by atoms with Crippen LogP contribution in [0.3, 0.4) is 0 Å². The number of carbonyl (C=O) groups excluding carboxylic acids is 5. The van der Waals surface area contributed by atoms with Gasteiger partial charge in [0.25, 0.3) is 5.91 Å². The molecule has 1 aliphatic carbocycles. The van der Waals surface area contributed by atoms with Crippen LogP contribution in [-0.2, 0) is 46.5 Å². The van der Waals surface area contributed by atoms with Crippen molar-refractivity contribution >= 4 is 52.2 Å². The Hall–Kier alpha value is -6.37. The highest BCUT2D eigenvalue weighted by Gasteiger charge is 2.56. The number of β-lactam (4-membered cyclic amide) rings is 1. The Balaban J connectivity index is 1.19. The van der Waals surface area contributed by atoms with Crippen molar-refractivity contribution < 1.29 is 43.0 Å². The van der Waals surface area contributed by atoms with E-state index in [0.29, 0.717) is 11.4 Å². The van der Waals surface area contributed by atoms with Crippen LogP contribution in [0, 0.1) is 6.92 Å². The number of nitrogens with zero attached hydrogens (tertiary/aromatic N) is 5. The van der Waals surface area contributed by atoms with Gasteiger partial charge in [0.15, 0.2) is 16.9 Å². The van der Waals surface area contributed by atoms with Crippen molar-refractivity contribution in [1.82, 2.24) is 35.9 Å². The van der Waals surface area contributed by atoms with E-state index in [4.69, 9.17) is 19.0 Å². The van der Waals surface area contributed by atoms with E-state index in [1.807, 2.05) is 60.7 Å². The third-order valence-electron chi connectivity index (χ3n) is 8.76. The van der Waals surface area contributed by atoms with Crippen LogP contribution in [0.15, 0.2) is 71.2 Å². The van der Waals surface area contributed by atoms with Gasteiger partial charge in [-0.1, -0.05) is 65.8 Å². The van der Waals surface area contributed by atoms with Crippen molar-refractivity contribution in [3.63, 3.8) is 0 Å². The second-order valence-corrected chi connectivity index (χ2v) is 16.9. The summed E-state index contributed by atoms with van der Waals surface area (Å²) in [4.78, 5) is 76.9. The summed E-state index contributed by atoms with van der Waals surface area (Å²) in [5.41, 5.74) is -0.767. The highest BCUT2D eigenvalue weighted by Crippen LogP contribution is 2.43. The average molecular weight is 830 g/mol. The number of carbonyl (C=O) groups is 5. The Kier molecular flexibility index (Phi) is 12.3. The number of ether oxygens (including phenoxy) is 3. The molecule has 3 heterocycles. The van der Waals surface area contributed by atoms with Crippen molar-refractivity contribution in [3.05, 3.63) is 94.3 Å². The number of nitrogens with one attached hydrogen (secondary N) is 4. The fourth-order valence-electron chi connectivity index (χ4n) is 5.74. The molecule has 4 amide bonds. The van der Waals surface area contributed by atoms with E-state index >= 15 is 0 Å². The van der Waals surface area contributed by atoms with Crippen LogP contribution >= 0.6 is 11.3 Å². The predicted molar refractivity (Wildman–Crippen MR) is 214 cm³/mol. The monoisotopic (exact) mass is 829 g/mol. The number of aromatic nitrogens is 4. The van der Waals surface area contributed by atoms with E-state index in [0.717, 1.165) is 22.5 Å². The maximum Gasteiger partial charge on any atom is 0.413 e. The topological polar surface area (TPSA) is 226 Å². The molecule has 19 heteroatoms. The second kappa shape index (κ2) is 17.2. The molecule has 59 heavy (non-hydrogen) atoms. The van der Waals surface area contributed by atoms with Crippen molar-refractivity contribution in [2.45, 2.75) is 109 Å². The zero-order chi connectivity index (χ0) is 42.5. The van der Waals surface area contributed by atoms with Gasteiger partial charge in [0.2, 0.25) is 11.5 Å². The number of benzene rings is 2. The third-order valence-corrected chi connectivity index (χ3v) is 9.52. The van der Waals surface area contributed by atoms with Crippen molar-refractivity contribution in [3.8, 4) is 0 Å². The minimum Gasteiger partial charge on any atom is -0.450 e. The van der Waals surface area contributed by atoms with Gasteiger partial charge in [-0.15, -0.1) is 11.3 Å². The molecule has 0 bridgehead atoms. The number of oxime groups is 1. The Morgan fingerprint density at radius 1 is 0.932 bits per heavy atom. The molecule has 18 nitrogen and oxygen atoms in total. The zero-order valence-electron chi connectivity index (χ0n) is 33.7. The molecule has 1 saturated heterocycles. The van der Waals surface area contributed by atoms with Crippen LogP contribution in [0.1, 0.15) is 88.7 Å². The number of alkyl carbamates (subject to hydrolysis) is 1. The molecule has 2 atom stereocenters. The first-order chi connectivity index (χ1) is 27.9. The summed E-state index contributed by atoms with van der Waals surface area (Å²) < 4.78 is 16.7. The van der Waals surface area contributed by atoms with Crippen molar-refractivity contribution in [2.24, 2.45) is 5.16 Å². The summed E-state index contributed by atoms with van der Waals surface area (Å²) >= 11 is 0.998. The van der Waals surface area contributed by atoms with E-state index in [2.05, 4.69) is 41.6 Å². The Morgan fingerprint density at radius 2 is 1.54 bits per heavy atom. The lowest BCUT2D eigenvalue weighted by Crippen LogP contribution is -2.70. The Labute approximate surface area is 344 Å². The summed E-state index contributed by atoms with van der Waals surface area (Å²) in [7, 11) is 0. The minimum atomic E-state index is -1.49. The van der Waals surface area contributed by atoms with Gasteiger partial charge in [0, 0.05) is 18.2 Å². The number of hydrogen-bond donors (Lipinski definition) is 4.